The standard InChI is InChI=1S/C29H30N4O3/c1-21-9-11-24(12-10-21)19-33-28(35)27-25(8-5-15-30-27)32(29(33)36)20-26(34)31-16-13-23(14-17-31)18-22-6-3-2-4-7-22/h2-12,15,23H,13-14,16-20H2,1H3. The van der Waals surface area contributed by atoms with Crippen molar-refractivity contribution in [1.82, 2.24) is 19.0 Å². The minimum Gasteiger partial charge on any atom is -0.341 e. The molecule has 0 spiro atoms. The maximum absolute atomic E-state index is 13.5. The molecule has 1 fully saturated rings. The van der Waals surface area contributed by atoms with Crippen molar-refractivity contribution in [3.8, 4) is 0 Å². The first-order valence-electron chi connectivity index (χ1n) is 12.4. The molecule has 0 atom stereocenters. The SMILES string of the molecule is Cc1ccc(Cn2c(=O)c3ncccc3n(CC(=O)N3CCC(Cc4ccccc4)CC3)c2=O)cc1. The number of piperidine rings is 1. The first kappa shape index (κ1) is 23.7. The van der Waals surface area contributed by atoms with Gasteiger partial charge in [0.25, 0.3) is 5.56 Å². The molecule has 1 aliphatic heterocycles. The van der Waals surface area contributed by atoms with E-state index in [4.69, 9.17) is 0 Å². The number of likely N-dealkylation sites (tertiary alicyclic amines) is 1. The molecule has 1 aliphatic rings. The minimum atomic E-state index is -0.492. The summed E-state index contributed by atoms with van der Waals surface area (Å²) in [5.74, 6) is 0.432. The summed E-state index contributed by atoms with van der Waals surface area (Å²) in [5, 5.41) is 0. The fourth-order valence-corrected chi connectivity index (χ4v) is 4.98. The van der Waals surface area contributed by atoms with Crippen LogP contribution in [0, 0.1) is 12.8 Å². The first-order chi connectivity index (χ1) is 17.5. The Morgan fingerprint density at radius 2 is 1.61 bits per heavy atom. The number of carbonyl (C=O) groups is 1. The van der Waals surface area contributed by atoms with E-state index in [-0.39, 0.29) is 24.5 Å². The van der Waals surface area contributed by atoms with Crippen molar-refractivity contribution < 1.29 is 4.79 Å². The molecule has 0 N–H and O–H groups in total. The number of fused-ring (bicyclic) bond motifs is 1. The molecule has 0 unspecified atom stereocenters. The lowest BCUT2D eigenvalue weighted by atomic mass is 9.90. The van der Waals surface area contributed by atoms with Gasteiger partial charge in [-0.25, -0.2) is 9.78 Å². The van der Waals surface area contributed by atoms with Crippen molar-refractivity contribution in [2.45, 2.75) is 39.3 Å². The highest BCUT2D eigenvalue weighted by atomic mass is 16.2. The lowest BCUT2D eigenvalue weighted by Gasteiger charge is -2.32. The number of benzene rings is 2. The predicted octanol–water partition coefficient (Wildman–Crippen LogP) is 3.40. The number of aromatic nitrogens is 3. The summed E-state index contributed by atoms with van der Waals surface area (Å²) in [6.45, 7) is 3.34. The number of hydrogen-bond donors (Lipinski definition) is 0. The van der Waals surface area contributed by atoms with Crippen LogP contribution in [0.3, 0.4) is 0 Å². The molecule has 184 valence electrons. The molecule has 7 heteroatoms. The van der Waals surface area contributed by atoms with E-state index in [0.717, 1.165) is 30.4 Å². The number of amides is 1. The topological polar surface area (TPSA) is 77.2 Å². The van der Waals surface area contributed by atoms with E-state index in [1.807, 2.05) is 42.2 Å². The average molecular weight is 483 g/mol. The number of pyridine rings is 1. The molecule has 3 heterocycles. The van der Waals surface area contributed by atoms with Crippen LogP contribution >= 0.6 is 0 Å². The number of aryl methyl sites for hydroxylation is 1. The summed E-state index contributed by atoms with van der Waals surface area (Å²) in [7, 11) is 0. The summed E-state index contributed by atoms with van der Waals surface area (Å²) in [6.07, 6.45) is 4.42. The molecule has 2 aromatic heterocycles. The Hall–Kier alpha value is -4.00. The zero-order valence-electron chi connectivity index (χ0n) is 20.5. The molecule has 0 saturated carbocycles. The Labute approximate surface area is 209 Å². The zero-order valence-corrected chi connectivity index (χ0v) is 20.5. The third kappa shape index (κ3) is 5.00. The Bertz CT molecular complexity index is 1480. The van der Waals surface area contributed by atoms with Gasteiger partial charge in [0.1, 0.15) is 6.54 Å². The third-order valence-corrected chi connectivity index (χ3v) is 7.08. The van der Waals surface area contributed by atoms with Gasteiger partial charge < -0.3 is 4.90 Å². The molecule has 2 aromatic carbocycles. The molecule has 1 amide bonds. The summed E-state index contributed by atoms with van der Waals surface area (Å²) >= 11 is 0. The van der Waals surface area contributed by atoms with Gasteiger partial charge in [-0.1, -0.05) is 60.2 Å². The van der Waals surface area contributed by atoms with Crippen molar-refractivity contribution in [3.05, 3.63) is 110 Å². The zero-order chi connectivity index (χ0) is 25.1. The van der Waals surface area contributed by atoms with E-state index < -0.39 is 11.2 Å². The van der Waals surface area contributed by atoms with Gasteiger partial charge in [-0.15, -0.1) is 0 Å². The monoisotopic (exact) mass is 482 g/mol. The molecule has 4 aromatic rings. The van der Waals surface area contributed by atoms with Crippen LogP contribution in [0.15, 0.2) is 82.5 Å². The fourth-order valence-electron chi connectivity index (χ4n) is 4.98. The Morgan fingerprint density at radius 3 is 2.33 bits per heavy atom. The summed E-state index contributed by atoms with van der Waals surface area (Å²) in [5.41, 5.74) is 2.91. The van der Waals surface area contributed by atoms with Crippen LogP contribution in [0.4, 0.5) is 0 Å². The van der Waals surface area contributed by atoms with E-state index in [0.29, 0.717) is 24.5 Å². The Balaban J connectivity index is 1.37. The molecule has 0 aliphatic carbocycles. The maximum Gasteiger partial charge on any atom is 0.332 e. The van der Waals surface area contributed by atoms with Crippen LogP contribution in [-0.2, 0) is 24.3 Å². The summed E-state index contributed by atoms with van der Waals surface area (Å²) in [4.78, 5) is 46.0. The van der Waals surface area contributed by atoms with Crippen LogP contribution in [-0.4, -0.2) is 38.0 Å². The van der Waals surface area contributed by atoms with Gasteiger partial charge in [-0.3, -0.25) is 18.7 Å². The second-order valence-corrected chi connectivity index (χ2v) is 9.63. The molecule has 0 bridgehead atoms. The molecule has 1 saturated heterocycles. The van der Waals surface area contributed by atoms with Gasteiger partial charge in [0.15, 0.2) is 5.52 Å². The van der Waals surface area contributed by atoms with Gasteiger partial charge in [0.2, 0.25) is 5.91 Å². The highest BCUT2D eigenvalue weighted by Crippen LogP contribution is 2.22. The normalized spacial score (nSPS) is 14.3. The van der Waals surface area contributed by atoms with Gasteiger partial charge in [0, 0.05) is 19.3 Å². The highest BCUT2D eigenvalue weighted by molar-refractivity contribution is 5.79. The van der Waals surface area contributed by atoms with Crippen molar-refractivity contribution in [1.29, 1.82) is 0 Å². The van der Waals surface area contributed by atoms with E-state index >= 15 is 0 Å². The van der Waals surface area contributed by atoms with Crippen LogP contribution in [0.5, 0.6) is 0 Å². The largest absolute Gasteiger partial charge is 0.341 e. The van der Waals surface area contributed by atoms with E-state index in [1.54, 1.807) is 12.1 Å². The van der Waals surface area contributed by atoms with Crippen molar-refractivity contribution in [2.24, 2.45) is 5.92 Å². The molecule has 36 heavy (non-hydrogen) atoms. The minimum absolute atomic E-state index is 0.110. The summed E-state index contributed by atoms with van der Waals surface area (Å²) in [6, 6.07) is 21.5. The van der Waals surface area contributed by atoms with Crippen LogP contribution in [0.25, 0.3) is 11.0 Å². The number of hydrogen-bond acceptors (Lipinski definition) is 4. The van der Waals surface area contributed by atoms with E-state index in [9.17, 15) is 14.4 Å². The summed E-state index contributed by atoms with van der Waals surface area (Å²) < 4.78 is 2.58. The molecular formula is C29H30N4O3. The third-order valence-electron chi connectivity index (χ3n) is 7.08. The van der Waals surface area contributed by atoms with Gasteiger partial charge in [0.05, 0.1) is 12.1 Å². The van der Waals surface area contributed by atoms with Crippen molar-refractivity contribution >= 4 is 16.9 Å². The van der Waals surface area contributed by atoms with Crippen LogP contribution < -0.4 is 11.2 Å². The molecule has 7 nitrogen and oxygen atoms in total. The predicted molar refractivity (Wildman–Crippen MR) is 140 cm³/mol. The van der Waals surface area contributed by atoms with Gasteiger partial charge >= 0.3 is 5.69 Å². The second kappa shape index (κ2) is 10.3. The first-order valence-corrected chi connectivity index (χ1v) is 12.4. The lowest BCUT2D eigenvalue weighted by Crippen LogP contribution is -2.45. The van der Waals surface area contributed by atoms with E-state index in [1.165, 1.54) is 20.9 Å². The smallest absolute Gasteiger partial charge is 0.332 e. The fraction of sp³-hybridized carbons (Fsp3) is 0.310. The van der Waals surface area contributed by atoms with Crippen LogP contribution in [0.1, 0.15) is 29.5 Å². The van der Waals surface area contributed by atoms with Gasteiger partial charge in [-0.05, 0) is 55.4 Å². The molecule has 0 radical (unpaired) electrons. The highest BCUT2D eigenvalue weighted by Gasteiger charge is 2.24. The molecular weight excluding hydrogens is 452 g/mol. The maximum atomic E-state index is 13.5. The van der Waals surface area contributed by atoms with Crippen molar-refractivity contribution in [2.75, 3.05) is 13.1 Å². The quantitative estimate of drug-likeness (QED) is 0.422. The number of nitrogens with zero attached hydrogens (tertiary/aromatic N) is 4. The average Bonchev–Trinajstić information content (AvgIpc) is 2.91. The lowest BCUT2D eigenvalue weighted by molar-refractivity contribution is -0.133. The Morgan fingerprint density at radius 1 is 0.889 bits per heavy atom. The van der Waals surface area contributed by atoms with Gasteiger partial charge in [-0.2, -0.15) is 0 Å². The second-order valence-electron chi connectivity index (χ2n) is 9.63. The van der Waals surface area contributed by atoms with Crippen LogP contribution in [0.2, 0.25) is 0 Å². The van der Waals surface area contributed by atoms with Crippen molar-refractivity contribution in [3.63, 3.8) is 0 Å². The number of carbonyl (C=O) groups excluding carboxylic acids is 1. The number of rotatable bonds is 6. The molecule has 5 rings (SSSR count). The Kier molecular flexibility index (Phi) is 6.80. The van der Waals surface area contributed by atoms with E-state index in [2.05, 4.69) is 29.2 Å².